The van der Waals surface area contributed by atoms with Gasteiger partial charge in [-0.3, -0.25) is 4.79 Å². The Morgan fingerprint density at radius 1 is 1.20 bits per heavy atom. The third kappa shape index (κ3) is 2.93. The molecule has 1 amide bonds. The summed E-state index contributed by atoms with van der Waals surface area (Å²) in [6.07, 6.45) is 5.19. The van der Waals surface area contributed by atoms with E-state index >= 15 is 0 Å². The van der Waals surface area contributed by atoms with Gasteiger partial charge >= 0.3 is 0 Å². The van der Waals surface area contributed by atoms with Gasteiger partial charge in [-0.25, -0.2) is 0 Å². The van der Waals surface area contributed by atoms with Gasteiger partial charge in [0.2, 0.25) is 5.91 Å². The minimum atomic E-state index is -0.0834. The summed E-state index contributed by atoms with van der Waals surface area (Å²) in [5.41, 5.74) is 0. The van der Waals surface area contributed by atoms with Gasteiger partial charge in [0.15, 0.2) is 0 Å². The number of carbonyl (C=O) groups excluding carboxylic acids is 1. The van der Waals surface area contributed by atoms with Gasteiger partial charge in [-0.05, 0) is 43.7 Å². The Balaban J connectivity index is 1.73. The molecule has 1 unspecified atom stereocenters. The molecule has 1 aliphatic rings. The van der Waals surface area contributed by atoms with Gasteiger partial charge in [-0.15, -0.1) is 0 Å². The van der Waals surface area contributed by atoms with Crippen LogP contribution < -0.4 is 5.32 Å². The molecule has 1 saturated heterocycles. The van der Waals surface area contributed by atoms with Crippen molar-refractivity contribution >= 4 is 5.91 Å². The highest BCUT2D eigenvalue weighted by Gasteiger charge is 2.27. The van der Waals surface area contributed by atoms with E-state index in [0.29, 0.717) is 13.1 Å². The fourth-order valence-electron chi connectivity index (χ4n) is 2.51. The molecule has 1 aliphatic heterocycles. The number of furan rings is 2. The fourth-order valence-corrected chi connectivity index (χ4v) is 2.51. The first-order chi connectivity index (χ1) is 9.83. The van der Waals surface area contributed by atoms with Gasteiger partial charge in [0.25, 0.3) is 0 Å². The van der Waals surface area contributed by atoms with Gasteiger partial charge < -0.3 is 19.1 Å². The lowest BCUT2D eigenvalue weighted by molar-refractivity contribution is -0.134. The van der Waals surface area contributed by atoms with E-state index in [0.717, 1.165) is 30.9 Å². The smallest absolute Gasteiger partial charge is 0.240 e. The second-order valence-electron chi connectivity index (χ2n) is 5.00. The number of nitrogens with one attached hydrogen (secondary N) is 1. The summed E-state index contributed by atoms with van der Waals surface area (Å²) < 4.78 is 10.7. The molecule has 2 aromatic heterocycles. The average Bonchev–Trinajstić information content (AvgIpc) is 3.20. The van der Waals surface area contributed by atoms with Crippen molar-refractivity contribution in [1.82, 2.24) is 10.2 Å². The van der Waals surface area contributed by atoms with Crippen LogP contribution in [0.1, 0.15) is 24.4 Å². The van der Waals surface area contributed by atoms with E-state index in [1.54, 1.807) is 17.4 Å². The van der Waals surface area contributed by atoms with Crippen LogP contribution in [0.4, 0.5) is 0 Å². The second-order valence-corrected chi connectivity index (χ2v) is 5.00. The highest BCUT2D eigenvalue weighted by Crippen LogP contribution is 2.15. The van der Waals surface area contributed by atoms with Gasteiger partial charge in [-0.2, -0.15) is 0 Å². The molecule has 0 spiro atoms. The highest BCUT2D eigenvalue weighted by atomic mass is 16.3. The lowest BCUT2D eigenvalue weighted by Gasteiger charge is -2.24. The highest BCUT2D eigenvalue weighted by molar-refractivity contribution is 5.82. The maximum atomic E-state index is 12.6. The second kappa shape index (κ2) is 5.96. The molecule has 0 aliphatic carbocycles. The molecule has 0 radical (unpaired) electrons. The van der Waals surface area contributed by atoms with Crippen LogP contribution in [-0.2, 0) is 17.9 Å². The Labute approximate surface area is 117 Å². The van der Waals surface area contributed by atoms with Crippen LogP contribution in [0.5, 0.6) is 0 Å². The number of carbonyl (C=O) groups is 1. The average molecular weight is 274 g/mol. The molecule has 5 nitrogen and oxygen atoms in total. The SMILES string of the molecule is O=C(C1CCCN1)N(Cc1ccco1)Cc1ccco1. The van der Waals surface area contributed by atoms with E-state index in [2.05, 4.69) is 5.32 Å². The third-order valence-corrected chi connectivity index (χ3v) is 3.52. The van der Waals surface area contributed by atoms with Crippen LogP contribution in [0.2, 0.25) is 0 Å². The van der Waals surface area contributed by atoms with Crippen molar-refractivity contribution in [2.45, 2.75) is 32.0 Å². The third-order valence-electron chi connectivity index (χ3n) is 3.52. The molecule has 20 heavy (non-hydrogen) atoms. The molecule has 2 aromatic rings. The van der Waals surface area contributed by atoms with E-state index in [1.807, 2.05) is 24.3 Å². The number of rotatable bonds is 5. The number of nitrogens with zero attached hydrogens (tertiary/aromatic N) is 1. The maximum absolute atomic E-state index is 12.6. The quantitative estimate of drug-likeness (QED) is 0.907. The summed E-state index contributed by atoms with van der Waals surface area (Å²) >= 11 is 0. The molecular formula is C15H18N2O3. The minimum Gasteiger partial charge on any atom is -0.467 e. The van der Waals surface area contributed by atoms with Crippen LogP contribution in [0.15, 0.2) is 45.6 Å². The van der Waals surface area contributed by atoms with Gasteiger partial charge in [0, 0.05) is 0 Å². The van der Waals surface area contributed by atoms with Crippen molar-refractivity contribution in [3.8, 4) is 0 Å². The topological polar surface area (TPSA) is 58.6 Å². The Morgan fingerprint density at radius 3 is 2.30 bits per heavy atom. The van der Waals surface area contributed by atoms with Crippen LogP contribution in [0, 0.1) is 0 Å². The Hall–Kier alpha value is -2.01. The van der Waals surface area contributed by atoms with Crippen molar-refractivity contribution in [3.05, 3.63) is 48.3 Å². The minimum absolute atomic E-state index is 0.0834. The summed E-state index contributed by atoms with van der Waals surface area (Å²) in [5.74, 6) is 1.67. The Kier molecular flexibility index (Phi) is 3.87. The molecule has 0 aromatic carbocycles. The molecule has 1 fully saturated rings. The van der Waals surface area contributed by atoms with Crippen molar-refractivity contribution < 1.29 is 13.6 Å². The van der Waals surface area contributed by atoms with E-state index in [9.17, 15) is 4.79 Å². The van der Waals surface area contributed by atoms with Crippen LogP contribution in [-0.4, -0.2) is 23.4 Å². The fraction of sp³-hybridized carbons (Fsp3) is 0.400. The lowest BCUT2D eigenvalue weighted by Crippen LogP contribution is -2.42. The standard InChI is InChI=1S/C15H18N2O3/c18-15(14-6-1-7-16-14)17(10-12-4-2-8-19-12)11-13-5-3-9-20-13/h2-5,8-9,14,16H,1,6-7,10-11H2. The maximum Gasteiger partial charge on any atom is 0.240 e. The summed E-state index contributed by atoms with van der Waals surface area (Å²) in [6.45, 7) is 1.83. The van der Waals surface area contributed by atoms with Crippen molar-refractivity contribution in [1.29, 1.82) is 0 Å². The number of hydrogen-bond acceptors (Lipinski definition) is 4. The predicted octanol–water partition coefficient (Wildman–Crippen LogP) is 2.15. The molecule has 3 heterocycles. The van der Waals surface area contributed by atoms with E-state index < -0.39 is 0 Å². The predicted molar refractivity (Wildman–Crippen MR) is 72.7 cm³/mol. The lowest BCUT2D eigenvalue weighted by atomic mass is 10.2. The van der Waals surface area contributed by atoms with E-state index in [-0.39, 0.29) is 11.9 Å². The van der Waals surface area contributed by atoms with Gasteiger partial charge in [-0.1, -0.05) is 0 Å². The number of hydrogen-bond donors (Lipinski definition) is 1. The molecule has 106 valence electrons. The molecule has 0 bridgehead atoms. The molecule has 5 heteroatoms. The normalized spacial score (nSPS) is 18.3. The number of amides is 1. The van der Waals surface area contributed by atoms with Crippen LogP contribution in [0.25, 0.3) is 0 Å². The molecular weight excluding hydrogens is 256 g/mol. The summed E-state index contributed by atoms with van der Waals surface area (Å²) in [4.78, 5) is 14.4. The van der Waals surface area contributed by atoms with Crippen LogP contribution in [0.3, 0.4) is 0 Å². The van der Waals surface area contributed by atoms with Crippen molar-refractivity contribution in [2.75, 3.05) is 6.54 Å². The van der Waals surface area contributed by atoms with Crippen molar-refractivity contribution in [3.63, 3.8) is 0 Å². The zero-order chi connectivity index (χ0) is 13.8. The Bertz CT molecular complexity index is 491. The largest absolute Gasteiger partial charge is 0.467 e. The zero-order valence-corrected chi connectivity index (χ0v) is 11.2. The van der Waals surface area contributed by atoms with E-state index in [1.165, 1.54) is 0 Å². The summed E-state index contributed by atoms with van der Waals surface area (Å²) in [6, 6.07) is 7.34. The first-order valence-electron chi connectivity index (χ1n) is 6.90. The monoisotopic (exact) mass is 274 g/mol. The van der Waals surface area contributed by atoms with E-state index in [4.69, 9.17) is 8.83 Å². The Morgan fingerprint density at radius 2 is 1.85 bits per heavy atom. The van der Waals surface area contributed by atoms with Crippen molar-refractivity contribution in [2.24, 2.45) is 0 Å². The zero-order valence-electron chi connectivity index (χ0n) is 11.2. The van der Waals surface area contributed by atoms with Crippen LogP contribution >= 0.6 is 0 Å². The first kappa shape index (κ1) is 13.0. The first-order valence-corrected chi connectivity index (χ1v) is 6.90. The summed E-state index contributed by atoms with van der Waals surface area (Å²) in [5, 5.41) is 3.24. The molecule has 3 rings (SSSR count). The molecule has 1 N–H and O–H groups in total. The molecule has 1 atom stereocenters. The van der Waals surface area contributed by atoms with Gasteiger partial charge in [0.1, 0.15) is 11.5 Å². The molecule has 0 saturated carbocycles. The van der Waals surface area contributed by atoms with Gasteiger partial charge in [0.05, 0.1) is 31.7 Å². The summed E-state index contributed by atoms with van der Waals surface area (Å²) in [7, 11) is 0.